The number of aliphatic carboxylic acids is 1. The van der Waals surface area contributed by atoms with Gasteiger partial charge in [0.1, 0.15) is 12.6 Å². The maximum Gasteiger partial charge on any atom is 0.324 e. The normalized spacial score (nSPS) is 12.6. The van der Waals surface area contributed by atoms with Crippen molar-refractivity contribution in [3.05, 3.63) is 0 Å². The number of carboxylic acids is 1. The van der Waals surface area contributed by atoms with Gasteiger partial charge in [0.15, 0.2) is 0 Å². The molecule has 1 atom stereocenters. The van der Waals surface area contributed by atoms with E-state index >= 15 is 0 Å². The van der Waals surface area contributed by atoms with E-state index in [1.165, 1.54) is 6.92 Å². The topological polar surface area (TPSA) is 75.6 Å². The molecule has 0 fully saturated rings. The van der Waals surface area contributed by atoms with Crippen LogP contribution in [-0.4, -0.2) is 35.7 Å². The van der Waals surface area contributed by atoms with E-state index in [2.05, 4.69) is 10.1 Å². The number of esters is 1. The maximum absolute atomic E-state index is 10.6. The number of carbonyl (C=O) groups excluding carboxylic acids is 1. The van der Waals surface area contributed by atoms with Crippen molar-refractivity contribution in [3.8, 4) is 0 Å². The van der Waals surface area contributed by atoms with Crippen LogP contribution in [0.1, 0.15) is 20.8 Å². The van der Waals surface area contributed by atoms with Crippen molar-refractivity contribution in [3.63, 3.8) is 0 Å². The van der Waals surface area contributed by atoms with E-state index in [-0.39, 0.29) is 12.6 Å². The van der Waals surface area contributed by atoms with Crippen molar-refractivity contribution in [2.24, 2.45) is 0 Å². The van der Waals surface area contributed by atoms with E-state index in [4.69, 9.17) is 5.11 Å². The van der Waals surface area contributed by atoms with Crippen LogP contribution in [0.3, 0.4) is 0 Å². The number of ether oxygens (including phenoxy) is 1. The van der Waals surface area contributed by atoms with Crippen LogP contribution in [0.4, 0.5) is 0 Å². The Hall–Kier alpha value is -1.10. The zero-order valence-electron chi connectivity index (χ0n) is 8.03. The standard InChI is InChI=1S/C8H15NO4/c1-5(2)9-7(8(11)12)4-13-6(3)10/h5,7,9H,4H2,1-3H3,(H,11,12)/t7-/m0/s1. The predicted molar refractivity (Wildman–Crippen MR) is 46.3 cm³/mol. The molecule has 0 aliphatic rings. The fourth-order valence-corrected chi connectivity index (χ4v) is 0.794. The second-order valence-corrected chi connectivity index (χ2v) is 3.01. The van der Waals surface area contributed by atoms with Crippen LogP contribution in [0, 0.1) is 0 Å². The average Bonchev–Trinajstić information content (AvgIpc) is 1.96. The van der Waals surface area contributed by atoms with Crippen molar-refractivity contribution in [1.82, 2.24) is 5.32 Å². The quantitative estimate of drug-likeness (QED) is 0.595. The van der Waals surface area contributed by atoms with E-state index in [1.54, 1.807) is 0 Å². The van der Waals surface area contributed by atoms with Crippen LogP contribution in [-0.2, 0) is 14.3 Å². The Bertz CT molecular complexity index is 191. The summed E-state index contributed by atoms with van der Waals surface area (Å²) < 4.78 is 4.58. The van der Waals surface area contributed by atoms with Crippen molar-refractivity contribution in [1.29, 1.82) is 0 Å². The molecular formula is C8H15NO4. The van der Waals surface area contributed by atoms with Crippen molar-refractivity contribution in [2.75, 3.05) is 6.61 Å². The summed E-state index contributed by atoms with van der Waals surface area (Å²) in [5.74, 6) is -1.49. The molecule has 0 heterocycles. The zero-order chi connectivity index (χ0) is 10.4. The van der Waals surface area contributed by atoms with E-state index < -0.39 is 18.0 Å². The van der Waals surface area contributed by atoms with Gasteiger partial charge in [-0.15, -0.1) is 0 Å². The molecule has 0 radical (unpaired) electrons. The number of hydrogen-bond acceptors (Lipinski definition) is 4. The Balaban J connectivity index is 3.95. The van der Waals surface area contributed by atoms with Crippen molar-refractivity contribution < 1.29 is 19.4 Å². The molecule has 0 amide bonds. The van der Waals surface area contributed by atoms with Crippen LogP contribution < -0.4 is 5.32 Å². The zero-order valence-corrected chi connectivity index (χ0v) is 8.03. The van der Waals surface area contributed by atoms with Gasteiger partial charge in [-0.2, -0.15) is 0 Å². The van der Waals surface area contributed by atoms with E-state index in [0.29, 0.717) is 0 Å². The molecule has 0 aliphatic heterocycles. The smallest absolute Gasteiger partial charge is 0.324 e. The summed E-state index contributed by atoms with van der Waals surface area (Å²) in [6.07, 6.45) is 0. The summed E-state index contributed by atoms with van der Waals surface area (Å²) >= 11 is 0. The highest BCUT2D eigenvalue weighted by Crippen LogP contribution is 1.90. The number of rotatable bonds is 5. The molecule has 76 valence electrons. The first-order chi connectivity index (χ1) is 5.93. The molecule has 5 nitrogen and oxygen atoms in total. The molecule has 13 heavy (non-hydrogen) atoms. The molecule has 0 bridgehead atoms. The summed E-state index contributed by atoms with van der Waals surface area (Å²) in [6, 6.07) is -0.791. The summed E-state index contributed by atoms with van der Waals surface area (Å²) in [4.78, 5) is 21.0. The summed E-state index contributed by atoms with van der Waals surface area (Å²) in [5, 5.41) is 11.4. The lowest BCUT2D eigenvalue weighted by molar-refractivity contribution is -0.147. The monoisotopic (exact) mass is 189 g/mol. The van der Waals surface area contributed by atoms with Crippen molar-refractivity contribution in [2.45, 2.75) is 32.9 Å². The second kappa shape index (κ2) is 5.53. The molecule has 0 aliphatic carbocycles. The Morgan fingerprint density at radius 2 is 2.00 bits per heavy atom. The summed E-state index contributed by atoms with van der Waals surface area (Å²) in [5.41, 5.74) is 0. The Morgan fingerprint density at radius 3 is 2.31 bits per heavy atom. The largest absolute Gasteiger partial charge is 0.480 e. The molecule has 2 N–H and O–H groups in total. The van der Waals surface area contributed by atoms with Gasteiger partial charge < -0.3 is 9.84 Å². The first-order valence-electron chi connectivity index (χ1n) is 4.05. The van der Waals surface area contributed by atoms with Gasteiger partial charge in [0, 0.05) is 13.0 Å². The minimum atomic E-state index is -1.02. The molecule has 0 aromatic carbocycles. The second-order valence-electron chi connectivity index (χ2n) is 3.01. The van der Waals surface area contributed by atoms with Gasteiger partial charge in [0.05, 0.1) is 0 Å². The van der Waals surface area contributed by atoms with Gasteiger partial charge >= 0.3 is 11.9 Å². The van der Waals surface area contributed by atoms with E-state index in [9.17, 15) is 9.59 Å². The molecule has 0 aromatic rings. The number of hydrogen-bond donors (Lipinski definition) is 2. The number of nitrogens with one attached hydrogen (secondary N) is 1. The molecule has 0 saturated heterocycles. The molecule has 0 unspecified atom stereocenters. The molecule has 0 aromatic heterocycles. The Morgan fingerprint density at radius 1 is 1.46 bits per heavy atom. The van der Waals surface area contributed by atoms with Crippen molar-refractivity contribution >= 4 is 11.9 Å². The van der Waals surface area contributed by atoms with Gasteiger partial charge in [-0.3, -0.25) is 14.9 Å². The van der Waals surface area contributed by atoms with E-state index in [1.807, 2.05) is 13.8 Å². The minimum Gasteiger partial charge on any atom is -0.480 e. The van der Waals surface area contributed by atoms with Gasteiger partial charge in [0.25, 0.3) is 0 Å². The Labute approximate surface area is 77.1 Å². The lowest BCUT2D eigenvalue weighted by atomic mass is 10.2. The third-order valence-electron chi connectivity index (χ3n) is 1.29. The van der Waals surface area contributed by atoms with Crippen LogP contribution in [0.15, 0.2) is 0 Å². The van der Waals surface area contributed by atoms with Crippen LogP contribution >= 0.6 is 0 Å². The Kier molecular flexibility index (Phi) is 5.06. The minimum absolute atomic E-state index is 0.0386. The highest BCUT2D eigenvalue weighted by atomic mass is 16.5. The summed E-state index contributed by atoms with van der Waals surface area (Å²) in [6.45, 7) is 4.75. The molecule has 0 spiro atoms. The molecule has 5 heteroatoms. The number of carbonyl (C=O) groups is 2. The summed E-state index contributed by atoms with van der Waals surface area (Å²) in [7, 11) is 0. The highest BCUT2D eigenvalue weighted by molar-refractivity contribution is 5.74. The van der Waals surface area contributed by atoms with Crippen LogP contribution in [0.25, 0.3) is 0 Å². The van der Waals surface area contributed by atoms with E-state index in [0.717, 1.165) is 0 Å². The van der Waals surface area contributed by atoms with Gasteiger partial charge in [-0.1, -0.05) is 13.8 Å². The average molecular weight is 189 g/mol. The molecule has 0 rings (SSSR count). The van der Waals surface area contributed by atoms with Crippen LogP contribution in [0.5, 0.6) is 0 Å². The molecular weight excluding hydrogens is 174 g/mol. The SMILES string of the molecule is CC(=O)OC[C@H](NC(C)C)C(=O)O. The highest BCUT2D eigenvalue weighted by Gasteiger charge is 2.18. The van der Waals surface area contributed by atoms with Crippen LogP contribution in [0.2, 0.25) is 0 Å². The third-order valence-corrected chi connectivity index (χ3v) is 1.29. The maximum atomic E-state index is 10.6. The third kappa shape index (κ3) is 6.10. The number of carboxylic acid groups (broad SMARTS) is 1. The first-order valence-corrected chi connectivity index (χ1v) is 4.05. The van der Waals surface area contributed by atoms with Gasteiger partial charge in [0.2, 0.25) is 0 Å². The van der Waals surface area contributed by atoms with Gasteiger partial charge in [-0.05, 0) is 0 Å². The first kappa shape index (κ1) is 11.9. The fourth-order valence-electron chi connectivity index (χ4n) is 0.794. The molecule has 0 saturated carbocycles. The van der Waals surface area contributed by atoms with Gasteiger partial charge in [-0.25, -0.2) is 0 Å². The fraction of sp³-hybridized carbons (Fsp3) is 0.750. The lowest BCUT2D eigenvalue weighted by Gasteiger charge is -2.16. The lowest BCUT2D eigenvalue weighted by Crippen LogP contribution is -2.44. The predicted octanol–water partition coefficient (Wildman–Crippen LogP) is 0.000700.